The van der Waals surface area contributed by atoms with E-state index >= 15 is 0 Å². The number of amides is 1. The van der Waals surface area contributed by atoms with Gasteiger partial charge in [-0.1, -0.05) is 0 Å². The second-order valence-electron chi connectivity index (χ2n) is 4.66. The van der Waals surface area contributed by atoms with Crippen molar-refractivity contribution in [2.75, 3.05) is 18.8 Å². The number of likely N-dealkylation sites (tertiary alicyclic amines) is 1. The van der Waals surface area contributed by atoms with Crippen LogP contribution in [0.4, 0.5) is 18.9 Å². The number of alkyl halides is 3. The van der Waals surface area contributed by atoms with E-state index in [1.807, 2.05) is 0 Å². The highest BCUT2D eigenvalue weighted by molar-refractivity contribution is 5.96. The monoisotopic (exact) mass is 272 g/mol. The van der Waals surface area contributed by atoms with Gasteiger partial charge in [0.05, 0.1) is 11.1 Å². The van der Waals surface area contributed by atoms with E-state index in [9.17, 15) is 18.0 Å². The Morgan fingerprint density at radius 1 is 1.16 bits per heavy atom. The molecule has 1 fully saturated rings. The standard InChI is InChI=1S/C13H15F3N2O/c14-13(15,16)11-8-9(17)4-5-10(11)12(19)18-6-2-1-3-7-18/h4-5,8H,1-3,6-7,17H2. The van der Waals surface area contributed by atoms with E-state index in [0.29, 0.717) is 13.1 Å². The van der Waals surface area contributed by atoms with Crippen molar-refractivity contribution in [3.05, 3.63) is 29.3 Å². The molecule has 0 bridgehead atoms. The van der Waals surface area contributed by atoms with E-state index in [2.05, 4.69) is 0 Å². The Balaban J connectivity index is 2.35. The number of nitrogens with two attached hydrogens (primary N) is 1. The van der Waals surface area contributed by atoms with Crippen molar-refractivity contribution >= 4 is 11.6 Å². The number of hydrogen-bond donors (Lipinski definition) is 1. The minimum absolute atomic E-state index is 0.00233. The number of hydrogen-bond acceptors (Lipinski definition) is 2. The lowest BCUT2D eigenvalue weighted by Crippen LogP contribution is -2.36. The van der Waals surface area contributed by atoms with E-state index in [-0.39, 0.29) is 11.3 Å². The molecule has 0 unspecified atom stereocenters. The first-order chi connectivity index (χ1) is 8.89. The first-order valence-corrected chi connectivity index (χ1v) is 6.15. The zero-order valence-electron chi connectivity index (χ0n) is 10.3. The van der Waals surface area contributed by atoms with Crippen LogP contribution in [0.5, 0.6) is 0 Å². The van der Waals surface area contributed by atoms with E-state index in [1.165, 1.54) is 11.0 Å². The molecule has 1 aliphatic rings. The quantitative estimate of drug-likeness (QED) is 0.799. The van der Waals surface area contributed by atoms with Gasteiger partial charge in [-0.3, -0.25) is 4.79 Å². The summed E-state index contributed by atoms with van der Waals surface area (Å²) < 4.78 is 38.8. The van der Waals surface area contributed by atoms with Crippen LogP contribution in [0.15, 0.2) is 18.2 Å². The fraction of sp³-hybridized carbons (Fsp3) is 0.462. The van der Waals surface area contributed by atoms with Crippen LogP contribution in [0.3, 0.4) is 0 Å². The molecule has 1 aromatic carbocycles. The summed E-state index contributed by atoms with van der Waals surface area (Å²) in [7, 11) is 0. The molecule has 0 radical (unpaired) electrons. The Morgan fingerprint density at radius 2 is 1.79 bits per heavy atom. The molecule has 19 heavy (non-hydrogen) atoms. The zero-order valence-corrected chi connectivity index (χ0v) is 10.3. The van der Waals surface area contributed by atoms with Crippen LogP contribution in [0.25, 0.3) is 0 Å². The number of nitrogens with zero attached hydrogens (tertiary/aromatic N) is 1. The van der Waals surface area contributed by atoms with E-state index < -0.39 is 17.6 Å². The van der Waals surface area contributed by atoms with Crippen molar-refractivity contribution in [3.63, 3.8) is 0 Å². The summed E-state index contributed by atoms with van der Waals surface area (Å²) in [6, 6.07) is 3.30. The van der Waals surface area contributed by atoms with Gasteiger partial charge in [0.15, 0.2) is 0 Å². The fourth-order valence-corrected chi connectivity index (χ4v) is 2.25. The molecule has 1 amide bonds. The molecule has 0 aliphatic carbocycles. The molecule has 1 saturated heterocycles. The van der Waals surface area contributed by atoms with Crippen molar-refractivity contribution in [1.82, 2.24) is 4.90 Å². The molecule has 0 saturated carbocycles. The van der Waals surface area contributed by atoms with Gasteiger partial charge in [0.2, 0.25) is 0 Å². The Labute approximate surface area is 109 Å². The second-order valence-corrected chi connectivity index (χ2v) is 4.66. The molecule has 2 rings (SSSR count). The summed E-state index contributed by atoms with van der Waals surface area (Å²) >= 11 is 0. The largest absolute Gasteiger partial charge is 0.417 e. The fourth-order valence-electron chi connectivity index (χ4n) is 2.25. The van der Waals surface area contributed by atoms with Gasteiger partial charge in [-0.25, -0.2) is 0 Å². The van der Waals surface area contributed by atoms with Crippen LogP contribution >= 0.6 is 0 Å². The Kier molecular flexibility index (Phi) is 3.68. The molecule has 6 heteroatoms. The number of rotatable bonds is 1. The van der Waals surface area contributed by atoms with Crippen molar-refractivity contribution in [2.24, 2.45) is 0 Å². The second kappa shape index (κ2) is 5.11. The number of nitrogen functional groups attached to an aromatic ring is 1. The average Bonchev–Trinajstić information content (AvgIpc) is 2.38. The average molecular weight is 272 g/mol. The number of halogens is 3. The van der Waals surface area contributed by atoms with Crippen LogP contribution < -0.4 is 5.73 Å². The van der Waals surface area contributed by atoms with Crippen molar-refractivity contribution in [3.8, 4) is 0 Å². The molecule has 1 aromatic rings. The van der Waals surface area contributed by atoms with Crippen LogP contribution in [0.1, 0.15) is 35.2 Å². The smallest absolute Gasteiger partial charge is 0.399 e. The van der Waals surface area contributed by atoms with E-state index in [1.54, 1.807) is 0 Å². The SMILES string of the molecule is Nc1ccc(C(=O)N2CCCCC2)c(C(F)(F)F)c1. The third-order valence-electron chi connectivity index (χ3n) is 3.22. The predicted molar refractivity (Wildman–Crippen MR) is 65.6 cm³/mol. The molecular weight excluding hydrogens is 257 g/mol. The summed E-state index contributed by atoms with van der Waals surface area (Å²) in [6.07, 6.45) is -1.89. The number of benzene rings is 1. The topological polar surface area (TPSA) is 46.3 Å². The third kappa shape index (κ3) is 3.00. The van der Waals surface area contributed by atoms with Crippen LogP contribution in [-0.2, 0) is 6.18 Å². The van der Waals surface area contributed by atoms with Gasteiger partial charge in [-0.15, -0.1) is 0 Å². The van der Waals surface area contributed by atoms with Crippen LogP contribution in [0, 0.1) is 0 Å². The summed E-state index contributed by atoms with van der Waals surface area (Å²) in [5.41, 5.74) is 4.11. The lowest BCUT2D eigenvalue weighted by atomic mass is 10.0. The third-order valence-corrected chi connectivity index (χ3v) is 3.22. The van der Waals surface area contributed by atoms with Crippen molar-refractivity contribution in [2.45, 2.75) is 25.4 Å². The first kappa shape index (κ1) is 13.7. The van der Waals surface area contributed by atoms with Gasteiger partial charge in [-0.05, 0) is 37.5 Å². The van der Waals surface area contributed by atoms with Crippen LogP contribution in [-0.4, -0.2) is 23.9 Å². The number of carbonyl (C=O) groups is 1. The maximum atomic E-state index is 12.9. The summed E-state index contributed by atoms with van der Waals surface area (Å²) in [5, 5.41) is 0. The molecule has 0 aromatic heterocycles. The lowest BCUT2D eigenvalue weighted by Gasteiger charge is -2.27. The van der Waals surface area contributed by atoms with Gasteiger partial charge in [-0.2, -0.15) is 13.2 Å². The van der Waals surface area contributed by atoms with Gasteiger partial charge >= 0.3 is 6.18 Å². The summed E-state index contributed by atoms with van der Waals surface area (Å²) in [5.74, 6) is -0.563. The number of piperidine rings is 1. The maximum Gasteiger partial charge on any atom is 0.417 e. The van der Waals surface area contributed by atoms with E-state index in [0.717, 1.165) is 31.4 Å². The van der Waals surface area contributed by atoms with Crippen LogP contribution in [0.2, 0.25) is 0 Å². The normalized spacial score (nSPS) is 16.5. The highest BCUT2D eigenvalue weighted by atomic mass is 19.4. The molecule has 1 aliphatic heterocycles. The molecule has 2 N–H and O–H groups in total. The zero-order chi connectivity index (χ0) is 14.0. The molecule has 0 atom stereocenters. The minimum Gasteiger partial charge on any atom is -0.399 e. The predicted octanol–water partition coefficient (Wildman–Crippen LogP) is 2.91. The molecule has 0 spiro atoms. The molecule has 1 heterocycles. The Hall–Kier alpha value is -1.72. The lowest BCUT2D eigenvalue weighted by molar-refractivity contribution is -0.138. The highest BCUT2D eigenvalue weighted by Gasteiger charge is 2.36. The summed E-state index contributed by atoms with van der Waals surface area (Å²) in [6.45, 7) is 1.03. The highest BCUT2D eigenvalue weighted by Crippen LogP contribution is 2.34. The number of carbonyl (C=O) groups excluding carboxylic acids is 1. The molecule has 3 nitrogen and oxygen atoms in total. The van der Waals surface area contributed by atoms with Gasteiger partial charge in [0, 0.05) is 18.8 Å². The van der Waals surface area contributed by atoms with E-state index in [4.69, 9.17) is 5.73 Å². The maximum absolute atomic E-state index is 12.9. The molecular formula is C13H15F3N2O. The van der Waals surface area contributed by atoms with Gasteiger partial charge < -0.3 is 10.6 Å². The Morgan fingerprint density at radius 3 is 2.37 bits per heavy atom. The summed E-state index contributed by atoms with van der Waals surface area (Å²) in [4.78, 5) is 13.6. The van der Waals surface area contributed by atoms with Crippen molar-refractivity contribution < 1.29 is 18.0 Å². The van der Waals surface area contributed by atoms with Gasteiger partial charge in [0.25, 0.3) is 5.91 Å². The number of anilines is 1. The molecule has 104 valence electrons. The van der Waals surface area contributed by atoms with Gasteiger partial charge in [0.1, 0.15) is 0 Å². The van der Waals surface area contributed by atoms with Crippen molar-refractivity contribution in [1.29, 1.82) is 0 Å². The minimum atomic E-state index is -4.57. The first-order valence-electron chi connectivity index (χ1n) is 6.15. The Bertz CT molecular complexity index is 479.